The van der Waals surface area contributed by atoms with Gasteiger partial charge in [-0.25, -0.2) is 13.2 Å². The van der Waals surface area contributed by atoms with Crippen LogP contribution in [0.25, 0.3) is 0 Å². The molecular formula is C24H31ClF3N3O2. The molecule has 1 saturated carbocycles. The Morgan fingerprint density at radius 2 is 1.73 bits per heavy atom. The third-order valence-corrected chi connectivity index (χ3v) is 7.81. The molecule has 3 aliphatic rings. The summed E-state index contributed by atoms with van der Waals surface area (Å²) in [6, 6.07) is 4.10. The van der Waals surface area contributed by atoms with Crippen molar-refractivity contribution in [2.45, 2.75) is 57.4 Å². The molecule has 1 aromatic rings. The fourth-order valence-corrected chi connectivity index (χ4v) is 5.38. The van der Waals surface area contributed by atoms with Gasteiger partial charge in [0.2, 0.25) is 11.8 Å². The maximum absolute atomic E-state index is 13.5. The number of rotatable bonds is 5. The van der Waals surface area contributed by atoms with E-state index in [4.69, 9.17) is 11.6 Å². The highest BCUT2D eigenvalue weighted by Crippen LogP contribution is 2.45. The van der Waals surface area contributed by atoms with Crippen molar-refractivity contribution in [2.24, 2.45) is 11.3 Å². The summed E-state index contributed by atoms with van der Waals surface area (Å²) in [7, 11) is 0. The van der Waals surface area contributed by atoms with Gasteiger partial charge in [0.1, 0.15) is 5.82 Å². The molecule has 0 unspecified atom stereocenters. The number of nitrogens with one attached hydrogen (secondary N) is 1. The predicted octanol–water partition coefficient (Wildman–Crippen LogP) is 4.35. The molecular weight excluding hydrogens is 455 g/mol. The van der Waals surface area contributed by atoms with Crippen LogP contribution in [0.4, 0.5) is 13.2 Å². The van der Waals surface area contributed by atoms with Gasteiger partial charge in [-0.3, -0.25) is 14.5 Å². The minimum absolute atomic E-state index is 0.0179. The van der Waals surface area contributed by atoms with Crippen molar-refractivity contribution in [3.05, 3.63) is 34.6 Å². The van der Waals surface area contributed by atoms with E-state index in [2.05, 4.69) is 10.2 Å². The van der Waals surface area contributed by atoms with Crippen LogP contribution in [0.3, 0.4) is 0 Å². The molecule has 2 saturated heterocycles. The van der Waals surface area contributed by atoms with Crippen LogP contribution in [0.15, 0.2) is 18.2 Å². The lowest BCUT2D eigenvalue weighted by Gasteiger charge is -2.50. The van der Waals surface area contributed by atoms with Crippen molar-refractivity contribution in [3.8, 4) is 0 Å². The van der Waals surface area contributed by atoms with E-state index in [1.54, 1.807) is 0 Å². The number of hydrogen-bond donors (Lipinski definition) is 1. The number of amides is 2. The van der Waals surface area contributed by atoms with E-state index in [-0.39, 0.29) is 48.1 Å². The van der Waals surface area contributed by atoms with E-state index in [1.165, 1.54) is 12.1 Å². The Hall–Kier alpha value is -1.80. The molecule has 0 bridgehead atoms. The van der Waals surface area contributed by atoms with Crippen LogP contribution in [0.5, 0.6) is 0 Å². The van der Waals surface area contributed by atoms with Crippen molar-refractivity contribution in [3.63, 3.8) is 0 Å². The molecule has 1 N–H and O–H groups in total. The molecule has 9 heteroatoms. The number of halogens is 4. The topological polar surface area (TPSA) is 52.7 Å². The molecule has 0 radical (unpaired) electrons. The van der Waals surface area contributed by atoms with Gasteiger partial charge in [0.05, 0.1) is 0 Å². The zero-order chi connectivity index (χ0) is 23.8. The second-order valence-electron chi connectivity index (χ2n) is 10.1. The molecule has 2 heterocycles. The van der Waals surface area contributed by atoms with Crippen molar-refractivity contribution >= 4 is 23.4 Å². The lowest BCUT2D eigenvalue weighted by molar-refractivity contribution is -0.156. The van der Waals surface area contributed by atoms with Crippen LogP contribution >= 0.6 is 11.6 Å². The third kappa shape index (κ3) is 5.65. The Balaban J connectivity index is 1.18. The van der Waals surface area contributed by atoms with Crippen molar-refractivity contribution < 1.29 is 22.8 Å². The normalized spacial score (nSPS) is 23.7. The smallest absolute Gasteiger partial charge is 0.251 e. The van der Waals surface area contributed by atoms with Crippen LogP contribution in [0.2, 0.25) is 5.02 Å². The molecule has 0 spiro atoms. The summed E-state index contributed by atoms with van der Waals surface area (Å²) >= 11 is 5.82. The minimum Gasteiger partial charge on any atom is -0.352 e. The van der Waals surface area contributed by atoms with E-state index >= 15 is 0 Å². The van der Waals surface area contributed by atoms with Crippen molar-refractivity contribution in [1.82, 2.24) is 15.1 Å². The average Bonchev–Trinajstić information content (AvgIpc) is 2.73. The van der Waals surface area contributed by atoms with Gasteiger partial charge in [0.25, 0.3) is 5.91 Å². The van der Waals surface area contributed by atoms with Crippen molar-refractivity contribution in [2.75, 3.05) is 32.7 Å². The quantitative estimate of drug-likeness (QED) is 0.674. The van der Waals surface area contributed by atoms with Crippen LogP contribution in [-0.4, -0.2) is 66.3 Å². The zero-order valence-corrected chi connectivity index (χ0v) is 19.6. The lowest BCUT2D eigenvalue weighted by atomic mass is 9.72. The molecule has 33 heavy (non-hydrogen) atoms. The van der Waals surface area contributed by atoms with Gasteiger partial charge in [-0.15, -0.1) is 0 Å². The standard InChI is InChI=1S/C24H31ClF3N3O2/c1-23(4-6-24(27,28)7-5-23)22(33)31-14-20(15-31)30-8-2-16(3-9-30)13-29-21(32)17-10-18(25)12-19(26)11-17/h10-12,16,20H,2-9,13-15H2,1H3,(H,29,32). The summed E-state index contributed by atoms with van der Waals surface area (Å²) in [5, 5.41) is 3.07. The molecule has 2 aliphatic heterocycles. The largest absolute Gasteiger partial charge is 0.352 e. The number of alkyl halides is 2. The molecule has 1 aromatic carbocycles. The second-order valence-corrected chi connectivity index (χ2v) is 10.6. The molecule has 182 valence electrons. The van der Waals surface area contributed by atoms with E-state index in [9.17, 15) is 22.8 Å². The summed E-state index contributed by atoms with van der Waals surface area (Å²) in [6.45, 7) is 5.46. The summed E-state index contributed by atoms with van der Waals surface area (Å²) in [5.41, 5.74) is -0.448. The van der Waals surface area contributed by atoms with Crippen LogP contribution < -0.4 is 5.32 Å². The fourth-order valence-electron chi connectivity index (χ4n) is 5.16. The first kappa shape index (κ1) is 24.3. The van der Waals surface area contributed by atoms with Crippen LogP contribution in [-0.2, 0) is 4.79 Å². The summed E-state index contributed by atoms with van der Waals surface area (Å²) in [4.78, 5) is 29.4. The molecule has 4 rings (SSSR count). The van der Waals surface area contributed by atoms with Gasteiger partial charge < -0.3 is 10.2 Å². The predicted molar refractivity (Wildman–Crippen MR) is 120 cm³/mol. The Bertz CT molecular complexity index is 869. The average molecular weight is 486 g/mol. The molecule has 2 amide bonds. The number of piperidine rings is 1. The molecule has 0 aromatic heterocycles. The van der Waals surface area contributed by atoms with Gasteiger partial charge in [-0.2, -0.15) is 0 Å². The minimum atomic E-state index is -2.63. The monoisotopic (exact) mass is 485 g/mol. The maximum Gasteiger partial charge on any atom is 0.251 e. The number of carbonyl (C=O) groups excluding carboxylic acids is 2. The summed E-state index contributed by atoms with van der Waals surface area (Å²) < 4.78 is 40.4. The summed E-state index contributed by atoms with van der Waals surface area (Å²) in [5.74, 6) is -3.14. The van der Waals surface area contributed by atoms with Gasteiger partial charge in [0, 0.05) is 54.5 Å². The number of nitrogens with zero attached hydrogens (tertiary/aromatic N) is 2. The first-order chi connectivity index (χ1) is 15.5. The van der Waals surface area contributed by atoms with E-state index in [0.29, 0.717) is 31.6 Å². The SMILES string of the molecule is CC1(C(=O)N2CC(N3CCC(CNC(=O)c4cc(F)cc(Cl)c4)CC3)C2)CCC(F)(F)CC1. The molecule has 1 aliphatic carbocycles. The van der Waals surface area contributed by atoms with Gasteiger partial charge >= 0.3 is 0 Å². The number of carbonyl (C=O) groups is 2. The summed E-state index contributed by atoms with van der Waals surface area (Å²) in [6.07, 6.45) is 1.95. The first-order valence-electron chi connectivity index (χ1n) is 11.7. The highest BCUT2D eigenvalue weighted by Gasteiger charge is 2.48. The number of hydrogen-bond acceptors (Lipinski definition) is 3. The Morgan fingerprint density at radius 3 is 2.33 bits per heavy atom. The Labute approximate surface area is 197 Å². The van der Waals surface area contributed by atoms with Crippen molar-refractivity contribution in [1.29, 1.82) is 0 Å². The van der Waals surface area contributed by atoms with Crippen LogP contribution in [0, 0.1) is 17.2 Å². The third-order valence-electron chi connectivity index (χ3n) is 7.59. The zero-order valence-electron chi connectivity index (χ0n) is 18.9. The van der Waals surface area contributed by atoms with Gasteiger partial charge in [-0.05, 0) is 62.9 Å². The highest BCUT2D eigenvalue weighted by atomic mass is 35.5. The Morgan fingerprint density at radius 1 is 1.09 bits per heavy atom. The number of benzene rings is 1. The van der Waals surface area contributed by atoms with Crippen LogP contribution in [0.1, 0.15) is 55.8 Å². The van der Waals surface area contributed by atoms with Gasteiger partial charge in [-0.1, -0.05) is 18.5 Å². The molecule has 5 nitrogen and oxygen atoms in total. The van der Waals surface area contributed by atoms with E-state index < -0.39 is 17.2 Å². The molecule has 0 atom stereocenters. The Kier molecular flexibility index (Phi) is 6.97. The van der Waals surface area contributed by atoms with E-state index in [0.717, 1.165) is 32.0 Å². The number of likely N-dealkylation sites (tertiary alicyclic amines) is 2. The highest BCUT2D eigenvalue weighted by molar-refractivity contribution is 6.31. The lowest BCUT2D eigenvalue weighted by Crippen LogP contribution is -2.64. The second kappa shape index (κ2) is 9.45. The van der Waals surface area contributed by atoms with E-state index in [1.807, 2.05) is 11.8 Å². The fraction of sp³-hybridized carbons (Fsp3) is 0.667. The first-order valence-corrected chi connectivity index (χ1v) is 12.1. The van der Waals surface area contributed by atoms with Gasteiger partial charge in [0.15, 0.2) is 0 Å². The molecule has 3 fully saturated rings. The maximum atomic E-state index is 13.5.